The van der Waals surface area contributed by atoms with E-state index in [9.17, 15) is 0 Å². The number of hydrogen-bond donors (Lipinski definition) is 2. The Bertz CT molecular complexity index is 98.8. The van der Waals surface area contributed by atoms with Crippen molar-refractivity contribution in [1.29, 1.82) is 0 Å². The van der Waals surface area contributed by atoms with Gasteiger partial charge in [-0.1, -0.05) is 18.8 Å². The molecule has 0 aliphatic heterocycles. The van der Waals surface area contributed by atoms with Crippen LogP contribution in [-0.2, 0) is 0 Å². The maximum absolute atomic E-state index is 8.70. The van der Waals surface area contributed by atoms with E-state index in [-0.39, 0.29) is 6.61 Å². The smallest absolute Gasteiger partial charge is 0.114 e. The van der Waals surface area contributed by atoms with Crippen molar-refractivity contribution >= 4 is 0 Å². The molecule has 0 aliphatic carbocycles. The zero-order valence-electron chi connectivity index (χ0n) is 4.89. The Labute approximate surface area is 49.2 Å². The molecule has 0 spiro atoms. The summed E-state index contributed by atoms with van der Waals surface area (Å²) in [5.74, 6) is 4.79. The van der Waals surface area contributed by atoms with Gasteiger partial charge in [-0.05, 0) is 6.42 Å². The van der Waals surface area contributed by atoms with Crippen molar-refractivity contribution in [1.82, 2.24) is 0 Å². The molecule has 0 fully saturated rings. The van der Waals surface area contributed by atoms with Crippen LogP contribution in [0.3, 0.4) is 0 Å². The third-order valence-corrected chi connectivity index (χ3v) is 0.734. The van der Waals surface area contributed by atoms with E-state index in [2.05, 4.69) is 11.8 Å². The van der Waals surface area contributed by atoms with Crippen LogP contribution in [0.4, 0.5) is 0 Å². The first kappa shape index (κ1) is 7.48. The molecule has 0 unspecified atom stereocenters. The third-order valence-electron chi connectivity index (χ3n) is 0.734. The number of rotatable bonds is 1. The lowest BCUT2D eigenvalue weighted by Gasteiger charge is -1.92. The molecule has 2 heteroatoms. The van der Waals surface area contributed by atoms with E-state index < -0.39 is 6.10 Å². The lowest BCUT2D eigenvalue weighted by molar-refractivity contribution is 0.228. The maximum Gasteiger partial charge on any atom is 0.114 e. The first-order chi connectivity index (χ1) is 3.81. The van der Waals surface area contributed by atoms with Crippen molar-refractivity contribution in [3.63, 3.8) is 0 Å². The molecule has 0 saturated carbocycles. The third kappa shape index (κ3) is 3.66. The Morgan fingerprint density at radius 3 is 2.62 bits per heavy atom. The van der Waals surface area contributed by atoms with Crippen molar-refractivity contribution < 1.29 is 10.2 Å². The van der Waals surface area contributed by atoms with Crippen LogP contribution in [0.25, 0.3) is 0 Å². The molecule has 0 aliphatic rings. The molecule has 2 nitrogen and oxygen atoms in total. The van der Waals surface area contributed by atoms with Crippen molar-refractivity contribution in [3.8, 4) is 11.8 Å². The predicted octanol–water partition coefficient (Wildman–Crippen LogP) is -0.247. The maximum atomic E-state index is 8.70. The van der Waals surface area contributed by atoms with Crippen LogP contribution in [0.1, 0.15) is 13.3 Å². The summed E-state index contributed by atoms with van der Waals surface area (Å²) in [5.41, 5.74) is 0. The molecule has 46 valence electrons. The Balaban J connectivity index is 3.35. The van der Waals surface area contributed by atoms with Crippen LogP contribution in [0.2, 0.25) is 0 Å². The quantitative estimate of drug-likeness (QED) is 0.461. The average molecular weight is 114 g/mol. The summed E-state index contributed by atoms with van der Waals surface area (Å²) in [7, 11) is 0. The highest BCUT2D eigenvalue weighted by Gasteiger charge is 1.88. The van der Waals surface area contributed by atoms with Gasteiger partial charge < -0.3 is 10.2 Å². The van der Waals surface area contributed by atoms with Crippen molar-refractivity contribution in [2.24, 2.45) is 0 Å². The van der Waals surface area contributed by atoms with Gasteiger partial charge >= 0.3 is 0 Å². The standard InChI is InChI=1S/C6H10O2/c1-2-6(8)4-3-5-7/h6-8H,2,5H2,1H3/t6-/m0/s1. The van der Waals surface area contributed by atoms with E-state index in [1.54, 1.807) is 0 Å². The minimum Gasteiger partial charge on any atom is -0.384 e. The SMILES string of the molecule is CC[C@H](O)C#CCO. The molecule has 8 heavy (non-hydrogen) atoms. The summed E-state index contributed by atoms with van der Waals surface area (Å²) in [6.45, 7) is 1.66. The highest BCUT2D eigenvalue weighted by Crippen LogP contribution is 1.83. The zero-order chi connectivity index (χ0) is 6.41. The molecular weight excluding hydrogens is 104 g/mol. The topological polar surface area (TPSA) is 40.5 Å². The molecule has 0 aromatic rings. The molecule has 0 aromatic carbocycles. The van der Waals surface area contributed by atoms with Gasteiger partial charge in [-0.15, -0.1) is 0 Å². The lowest BCUT2D eigenvalue weighted by atomic mass is 10.3. The molecule has 2 N–H and O–H groups in total. The van der Waals surface area contributed by atoms with Gasteiger partial charge in [-0.2, -0.15) is 0 Å². The van der Waals surface area contributed by atoms with Gasteiger partial charge in [0, 0.05) is 0 Å². The highest BCUT2D eigenvalue weighted by atomic mass is 16.3. The first-order valence-corrected chi connectivity index (χ1v) is 2.58. The Hall–Kier alpha value is -0.520. The van der Waals surface area contributed by atoms with Crippen LogP contribution in [0, 0.1) is 11.8 Å². The van der Waals surface area contributed by atoms with E-state index >= 15 is 0 Å². The normalized spacial score (nSPS) is 11.9. The first-order valence-electron chi connectivity index (χ1n) is 2.58. The summed E-state index contributed by atoms with van der Waals surface area (Å²) < 4.78 is 0. The summed E-state index contributed by atoms with van der Waals surface area (Å²) in [6.07, 6.45) is 0.0506. The van der Waals surface area contributed by atoms with E-state index in [1.807, 2.05) is 6.92 Å². The van der Waals surface area contributed by atoms with Gasteiger partial charge in [0.1, 0.15) is 12.7 Å². The fraction of sp³-hybridized carbons (Fsp3) is 0.667. The number of aliphatic hydroxyl groups is 2. The summed E-state index contributed by atoms with van der Waals surface area (Å²) in [6, 6.07) is 0. The molecule has 0 amide bonds. The Kier molecular flexibility index (Phi) is 4.33. The molecule has 0 rings (SSSR count). The van der Waals surface area contributed by atoms with Crippen LogP contribution < -0.4 is 0 Å². The minimum absolute atomic E-state index is 0.170. The molecule has 0 aromatic heterocycles. The monoisotopic (exact) mass is 114 g/mol. The van der Waals surface area contributed by atoms with Crippen LogP contribution in [-0.4, -0.2) is 22.9 Å². The second kappa shape index (κ2) is 4.63. The minimum atomic E-state index is -0.567. The van der Waals surface area contributed by atoms with Gasteiger partial charge in [0.05, 0.1) is 0 Å². The van der Waals surface area contributed by atoms with Crippen LogP contribution >= 0.6 is 0 Å². The van der Waals surface area contributed by atoms with Gasteiger partial charge in [0.2, 0.25) is 0 Å². The van der Waals surface area contributed by atoms with Crippen molar-refractivity contribution in [2.75, 3.05) is 6.61 Å². The Morgan fingerprint density at radius 1 is 1.62 bits per heavy atom. The molecular formula is C6H10O2. The largest absolute Gasteiger partial charge is 0.384 e. The molecule has 0 radical (unpaired) electrons. The number of aliphatic hydroxyl groups excluding tert-OH is 2. The zero-order valence-corrected chi connectivity index (χ0v) is 4.89. The number of hydrogen-bond acceptors (Lipinski definition) is 2. The van der Waals surface area contributed by atoms with Crippen LogP contribution in [0.5, 0.6) is 0 Å². The fourth-order valence-electron chi connectivity index (χ4n) is 0.266. The van der Waals surface area contributed by atoms with Crippen molar-refractivity contribution in [2.45, 2.75) is 19.4 Å². The van der Waals surface area contributed by atoms with E-state index in [0.29, 0.717) is 6.42 Å². The summed E-state index contributed by atoms with van der Waals surface area (Å²) in [4.78, 5) is 0. The highest BCUT2D eigenvalue weighted by molar-refractivity contribution is 5.03. The van der Waals surface area contributed by atoms with Crippen LogP contribution in [0.15, 0.2) is 0 Å². The Morgan fingerprint density at radius 2 is 2.25 bits per heavy atom. The molecule has 0 saturated heterocycles. The van der Waals surface area contributed by atoms with Gasteiger partial charge in [0.15, 0.2) is 0 Å². The second-order valence-corrected chi connectivity index (χ2v) is 1.40. The molecule has 0 heterocycles. The van der Waals surface area contributed by atoms with Gasteiger partial charge in [-0.25, -0.2) is 0 Å². The van der Waals surface area contributed by atoms with Crippen molar-refractivity contribution in [3.05, 3.63) is 0 Å². The van der Waals surface area contributed by atoms with Gasteiger partial charge in [0.25, 0.3) is 0 Å². The second-order valence-electron chi connectivity index (χ2n) is 1.40. The molecule has 1 atom stereocenters. The van der Waals surface area contributed by atoms with E-state index in [4.69, 9.17) is 10.2 Å². The molecule has 0 bridgehead atoms. The average Bonchev–Trinajstić information content (AvgIpc) is 1.83. The predicted molar refractivity (Wildman–Crippen MR) is 31.2 cm³/mol. The fourth-order valence-corrected chi connectivity index (χ4v) is 0.266. The van der Waals surface area contributed by atoms with Gasteiger partial charge in [-0.3, -0.25) is 0 Å². The van der Waals surface area contributed by atoms with E-state index in [0.717, 1.165) is 0 Å². The lowest BCUT2D eigenvalue weighted by Crippen LogP contribution is -1.98. The van der Waals surface area contributed by atoms with E-state index in [1.165, 1.54) is 0 Å². The summed E-state index contributed by atoms with van der Waals surface area (Å²) >= 11 is 0. The summed E-state index contributed by atoms with van der Waals surface area (Å²) in [5, 5.41) is 16.8.